The van der Waals surface area contributed by atoms with Crippen LogP contribution in [0.15, 0.2) is 41.6 Å². The number of H-pyrrole nitrogens is 1. The molecule has 130 valence electrons. The fourth-order valence-corrected chi connectivity index (χ4v) is 3.01. The first kappa shape index (κ1) is 17.3. The summed E-state index contributed by atoms with van der Waals surface area (Å²) in [5, 5.41) is 3.45. The van der Waals surface area contributed by atoms with Crippen molar-refractivity contribution in [3.8, 4) is 5.75 Å². The van der Waals surface area contributed by atoms with Crippen molar-refractivity contribution in [1.29, 1.82) is 0 Å². The Balaban J connectivity index is 1.54. The zero-order chi connectivity index (χ0) is 17.8. The van der Waals surface area contributed by atoms with E-state index in [1.165, 1.54) is 17.8 Å². The van der Waals surface area contributed by atoms with E-state index >= 15 is 0 Å². The average molecular weight is 359 g/mol. The maximum Gasteiger partial charge on any atom is 0.230 e. The zero-order valence-corrected chi connectivity index (χ0v) is 14.7. The van der Waals surface area contributed by atoms with Crippen LogP contribution < -0.4 is 10.1 Å². The van der Waals surface area contributed by atoms with Crippen LogP contribution in [0.2, 0.25) is 0 Å². The summed E-state index contributed by atoms with van der Waals surface area (Å²) in [6, 6.07) is 10.5. The minimum absolute atomic E-state index is 0.135. The average Bonchev–Trinajstić information content (AvgIpc) is 3.02. The molecule has 0 unspecified atom stereocenters. The van der Waals surface area contributed by atoms with E-state index < -0.39 is 0 Å². The number of methoxy groups -OCH3 is 1. The Labute approximate surface area is 149 Å². The Kier molecular flexibility index (Phi) is 5.23. The highest BCUT2D eigenvalue weighted by atomic mass is 32.2. The van der Waals surface area contributed by atoms with E-state index in [2.05, 4.69) is 15.3 Å². The highest BCUT2D eigenvalue weighted by molar-refractivity contribution is 7.99. The number of hydrogen-bond donors (Lipinski definition) is 2. The number of fused-ring (bicyclic) bond motifs is 1. The van der Waals surface area contributed by atoms with Gasteiger partial charge in [-0.2, -0.15) is 0 Å². The lowest BCUT2D eigenvalue weighted by Gasteiger charge is -2.05. The van der Waals surface area contributed by atoms with Crippen LogP contribution in [0.4, 0.5) is 4.39 Å². The molecule has 3 rings (SSSR count). The number of aryl methyl sites for hydroxylation is 1. The van der Waals surface area contributed by atoms with E-state index in [1.54, 1.807) is 26.2 Å². The lowest BCUT2D eigenvalue weighted by molar-refractivity contribution is -0.118. The summed E-state index contributed by atoms with van der Waals surface area (Å²) in [4.78, 5) is 19.5. The van der Waals surface area contributed by atoms with Gasteiger partial charge in [0.15, 0.2) is 5.16 Å². The third-order valence-electron chi connectivity index (χ3n) is 3.73. The van der Waals surface area contributed by atoms with Crippen LogP contribution in [0, 0.1) is 12.7 Å². The number of carbonyl (C=O) groups is 1. The highest BCUT2D eigenvalue weighted by Gasteiger charge is 2.08. The van der Waals surface area contributed by atoms with Gasteiger partial charge in [0.1, 0.15) is 11.6 Å². The number of aromatic amines is 1. The van der Waals surface area contributed by atoms with Crippen molar-refractivity contribution in [2.24, 2.45) is 0 Å². The molecule has 1 aromatic heterocycles. The van der Waals surface area contributed by atoms with Crippen molar-refractivity contribution in [3.63, 3.8) is 0 Å². The van der Waals surface area contributed by atoms with E-state index in [4.69, 9.17) is 4.74 Å². The molecule has 5 nitrogen and oxygen atoms in total. The third kappa shape index (κ3) is 4.30. The van der Waals surface area contributed by atoms with E-state index in [-0.39, 0.29) is 17.5 Å². The van der Waals surface area contributed by atoms with Crippen molar-refractivity contribution in [2.45, 2.75) is 18.6 Å². The first-order valence-electron chi connectivity index (χ1n) is 7.73. The number of rotatable bonds is 6. The molecule has 7 heteroatoms. The Bertz CT molecular complexity index is 910. The molecular formula is C18H18FN3O2S. The second-order valence-electron chi connectivity index (χ2n) is 5.57. The molecule has 0 spiro atoms. The van der Waals surface area contributed by atoms with Crippen molar-refractivity contribution < 1.29 is 13.9 Å². The van der Waals surface area contributed by atoms with Gasteiger partial charge in [-0.1, -0.05) is 23.9 Å². The van der Waals surface area contributed by atoms with Gasteiger partial charge in [-0.3, -0.25) is 4.79 Å². The maximum atomic E-state index is 13.5. The Morgan fingerprint density at radius 3 is 2.92 bits per heavy atom. The number of thioether (sulfide) groups is 1. The molecule has 0 bridgehead atoms. The van der Waals surface area contributed by atoms with E-state index in [9.17, 15) is 9.18 Å². The summed E-state index contributed by atoms with van der Waals surface area (Å²) in [5.74, 6) is 0.573. The largest absolute Gasteiger partial charge is 0.497 e. The van der Waals surface area contributed by atoms with E-state index in [0.29, 0.717) is 17.3 Å². The van der Waals surface area contributed by atoms with Crippen molar-refractivity contribution in [1.82, 2.24) is 15.3 Å². The fraction of sp³-hybridized carbons (Fsp3) is 0.222. The number of ether oxygens (including phenoxy) is 1. The number of benzene rings is 2. The molecule has 0 saturated heterocycles. The molecule has 0 radical (unpaired) electrons. The molecule has 25 heavy (non-hydrogen) atoms. The van der Waals surface area contributed by atoms with Gasteiger partial charge in [-0.25, -0.2) is 9.37 Å². The third-order valence-corrected chi connectivity index (χ3v) is 4.61. The second kappa shape index (κ2) is 7.57. The Hall–Kier alpha value is -2.54. The van der Waals surface area contributed by atoms with E-state index in [1.807, 2.05) is 18.2 Å². The number of halogens is 1. The molecule has 0 saturated carbocycles. The molecule has 0 aliphatic carbocycles. The van der Waals surface area contributed by atoms with Crippen LogP contribution >= 0.6 is 11.8 Å². The molecule has 0 aliphatic rings. The topological polar surface area (TPSA) is 67.0 Å². The van der Waals surface area contributed by atoms with Crippen LogP contribution in [-0.4, -0.2) is 28.7 Å². The van der Waals surface area contributed by atoms with Crippen LogP contribution in [0.25, 0.3) is 11.0 Å². The maximum absolute atomic E-state index is 13.5. The number of nitrogens with zero attached hydrogens (tertiary/aromatic N) is 1. The SMILES string of the molecule is COc1ccc2nc(SCC(=O)NCc3ccc(C)c(F)c3)[nH]c2c1. The summed E-state index contributed by atoms with van der Waals surface area (Å²) in [7, 11) is 1.61. The van der Waals surface area contributed by atoms with Crippen LogP contribution in [0.1, 0.15) is 11.1 Å². The quantitative estimate of drug-likeness (QED) is 0.662. The van der Waals surface area contributed by atoms with Crippen LogP contribution in [-0.2, 0) is 11.3 Å². The number of hydrogen-bond acceptors (Lipinski definition) is 4. The summed E-state index contributed by atoms with van der Waals surface area (Å²) in [5.41, 5.74) is 3.00. The smallest absolute Gasteiger partial charge is 0.230 e. The zero-order valence-electron chi connectivity index (χ0n) is 13.9. The molecule has 0 fully saturated rings. The van der Waals surface area contributed by atoms with Crippen molar-refractivity contribution >= 4 is 28.7 Å². The molecule has 2 aromatic carbocycles. The Morgan fingerprint density at radius 2 is 2.16 bits per heavy atom. The summed E-state index contributed by atoms with van der Waals surface area (Å²) >= 11 is 1.31. The van der Waals surface area contributed by atoms with Gasteiger partial charge >= 0.3 is 0 Å². The lowest BCUT2D eigenvalue weighted by Crippen LogP contribution is -2.24. The first-order valence-corrected chi connectivity index (χ1v) is 8.72. The molecule has 3 aromatic rings. The number of aromatic nitrogens is 2. The first-order chi connectivity index (χ1) is 12.0. The molecule has 0 atom stereocenters. The van der Waals surface area contributed by atoms with Gasteiger partial charge < -0.3 is 15.0 Å². The number of carbonyl (C=O) groups excluding carboxylic acids is 1. The van der Waals surface area contributed by atoms with Gasteiger partial charge in [-0.15, -0.1) is 0 Å². The molecule has 2 N–H and O–H groups in total. The normalized spacial score (nSPS) is 10.8. The summed E-state index contributed by atoms with van der Waals surface area (Å²) in [6.07, 6.45) is 0. The Morgan fingerprint density at radius 1 is 1.32 bits per heavy atom. The molecule has 1 amide bonds. The monoisotopic (exact) mass is 359 g/mol. The molecule has 0 aliphatic heterocycles. The van der Waals surface area contributed by atoms with Crippen molar-refractivity contribution in [2.75, 3.05) is 12.9 Å². The van der Waals surface area contributed by atoms with Gasteiger partial charge in [0.2, 0.25) is 5.91 Å². The predicted octanol–water partition coefficient (Wildman–Crippen LogP) is 3.43. The van der Waals surface area contributed by atoms with Crippen LogP contribution in [0.5, 0.6) is 5.75 Å². The lowest BCUT2D eigenvalue weighted by atomic mass is 10.1. The fourth-order valence-electron chi connectivity index (χ4n) is 2.29. The summed E-state index contributed by atoms with van der Waals surface area (Å²) in [6.45, 7) is 2.01. The predicted molar refractivity (Wildman–Crippen MR) is 96.4 cm³/mol. The van der Waals surface area contributed by atoms with Gasteiger partial charge in [0.25, 0.3) is 0 Å². The van der Waals surface area contributed by atoms with E-state index in [0.717, 1.165) is 22.3 Å². The minimum Gasteiger partial charge on any atom is -0.497 e. The van der Waals surface area contributed by atoms with Crippen molar-refractivity contribution in [3.05, 3.63) is 53.3 Å². The number of amides is 1. The number of nitrogens with one attached hydrogen (secondary N) is 2. The van der Waals surface area contributed by atoms with Gasteiger partial charge in [-0.05, 0) is 36.2 Å². The van der Waals surface area contributed by atoms with Gasteiger partial charge in [0, 0.05) is 12.6 Å². The summed E-state index contributed by atoms with van der Waals surface area (Å²) < 4.78 is 18.7. The molecule has 1 heterocycles. The molecular weight excluding hydrogens is 341 g/mol. The van der Waals surface area contributed by atoms with Gasteiger partial charge in [0.05, 0.1) is 23.9 Å². The minimum atomic E-state index is -0.265. The number of imidazole rings is 1. The standard InChI is InChI=1S/C18H18FN3O2S/c1-11-3-4-12(7-14(11)19)9-20-17(23)10-25-18-21-15-6-5-13(24-2)8-16(15)22-18/h3-8H,9-10H2,1-2H3,(H,20,23)(H,21,22). The second-order valence-corrected chi connectivity index (χ2v) is 6.54. The highest BCUT2D eigenvalue weighted by Crippen LogP contribution is 2.23. The van der Waals surface area contributed by atoms with Crippen LogP contribution in [0.3, 0.4) is 0 Å².